The van der Waals surface area contributed by atoms with E-state index in [2.05, 4.69) is 35.5 Å². The predicted molar refractivity (Wildman–Crippen MR) is 130 cm³/mol. The van der Waals surface area contributed by atoms with Gasteiger partial charge >= 0.3 is 0 Å². The first kappa shape index (κ1) is 23.5. The molecule has 0 fully saturated rings. The SMILES string of the molecule is COc1ccc(Cn2c(C)c(C)c3ccnc([S+]([O-])Cc4ccc(Cl)cc4)c32)cc1.Cl. The van der Waals surface area contributed by atoms with Gasteiger partial charge in [-0.25, -0.2) is 4.98 Å². The summed E-state index contributed by atoms with van der Waals surface area (Å²) in [6.07, 6.45) is 1.75. The Hall–Kier alpha value is -2.18. The van der Waals surface area contributed by atoms with Crippen molar-refractivity contribution in [1.29, 1.82) is 0 Å². The highest BCUT2D eigenvalue weighted by Crippen LogP contribution is 2.31. The Labute approximate surface area is 196 Å². The van der Waals surface area contributed by atoms with Crippen molar-refractivity contribution in [1.82, 2.24) is 9.55 Å². The number of nitrogens with zero attached hydrogens (tertiary/aromatic N) is 2. The van der Waals surface area contributed by atoms with Crippen LogP contribution >= 0.6 is 24.0 Å². The number of hydrogen-bond acceptors (Lipinski definition) is 3. The first-order valence-electron chi connectivity index (χ1n) is 9.68. The lowest BCUT2D eigenvalue weighted by atomic mass is 10.2. The van der Waals surface area contributed by atoms with E-state index in [1.807, 2.05) is 42.5 Å². The van der Waals surface area contributed by atoms with Crippen molar-refractivity contribution in [3.8, 4) is 5.75 Å². The summed E-state index contributed by atoms with van der Waals surface area (Å²) in [4.78, 5) is 4.54. The van der Waals surface area contributed by atoms with Gasteiger partial charge < -0.3 is 13.9 Å². The third kappa shape index (κ3) is 4.85. The molecular formula is C24H24Cl2N2O2S. The average Bonchev–Trinajstić information content (AvgIpc) is 3.01. The third-order valence-corrected chi connectivity index (χ3v) is 7.02. The summed E-state index contributed by atoms with van der Waals surface area (Å²) in [7, 11) is 1.66. The largest absolute Gasteiger partial charge is 0.610 e. The van der Waals surface area contributed by atoms with E-state index in [1.165, 1.54) is 5.56 Å². The average molecular weight is 475 g/mol. The molecular weight excluding hydrogens is 451 g/mol. The molecule has 31 heavy (non-hydrogen) atoms. The van der Waals surface area contributed by atoms with E-state index >= 15 is 0 Å². The van der Waals surface area contributed by atoms with Crippen LogP contribution in [-0.2, 0) is 23.5 Å². The highest BCUT2D eigenvalue weighted by molar-refractivity contribution is 7.90. The van der Waals surface area contributed by atoms with E-state index in [0.29, 0.717) is 22.3 Å². The number of methoxy groups -OCH3 is 1. The maximum atomic E-state index is 13.3. The molecule has 2 aromatic heterocycles. The van der Waals surface area contributed by atoms with Crippen molar-refractivity contribution >= 4 is 46.1 Å². The highest BCUT2D eigenvalue weighted by Gasteiger charge is 2.23. The van der Waals surface area contributed by atoms with Crippen molar-refractivity contribution in [2.75, 3.05) is 7.11 Å². The Balaban J connectivity index is 0.00000272. The summed E-state index contributed by atoms with van der Waals surface area (Å²) in [5, 5.41) is 2.38. The van der Waals surface area contributed by atoms with Crippen LogP contribution in [0.1, 0.15) is 22.4 Å². The molecule has 0 radical (unpaired) electrons. The fraction of sp³-hybridized carbons (Fsp3) is 0.208. The molecule has 162 valence electrons. The van der Waals surface area contributed by atoms with Gasteiger partial charge in [0.25, 0.3) is 5.03 Å². The van der Waals surface area contributed by atoms with Crippen molar-refractivity contribution < 1.29 is 9.29 Å². The second-order valence-electron chi connectivity index (χ2n) is 7.27. The molecule has 0 amide bonds. The minimum Gasteiger partial charge on any atom is -0.610 e. The molecule has 0 aliphatic rings. The standard InChI is InChI=1S/C24H23ClN2O2S.ClH/c1-16-17(2)27(14-18-6-10-21(29-3)11-7-18)23-22(16)12-13-26-24(23)30(28)15-19-4-8-20(25)9-5-19;/h4-13H,14-15H2,1-3H3;1H. The molecule has 0 aliphatic heterocycles. The molecule has 2 heterocycles. The number of ether oxygens (including phenoxy) is 1. The highest BCUT2D eigenvalue weighted by atomic mass is 35.5. The van der Waals surface area contributed by atoms with Crippen molar-refractivity contribution in [2.24, 2.45) is 0 Å². The van der Waals surface area contributed by atoms with E-state index in [1.54, 1.807) is 13.3 Å². The van der Waals surface area contributed by atoms with Crippen LogP contribution in [-0.4, -0.2) is 21.2 Å². The summed E-state index contributed by atoms with van der Waals surface area (Å²) in [6, 6.07) is 17.5. The number of fused-ring (bicyclic) bond motifs is 1. The molecule has 2 aromatic carbocycles. The molecule has 0 saturated carbocycles. The van der Waals surface area contributed by atoms with Gasteiger partial charge in [0.05, 0.1) is 7.11 Å². The zero-order valence-electron chi connectivity index (χ0n) is 17.6. The first-order valence-corrected chi connectivity index (χ1v) is 11.4. The van der Waals surface area contributed by atoms with Crippen molar-refractivity contribution in [3.63, 3.8) is 0 Å². The number of hydrogen-bond donors (Lipinski definition) is 0. The van der Waals surface area contributed by atoms with Gasteiger partial charge in [-0.2, -0.15) is 0 Å². The summed E-state index contributed by atoms with van der Waals surface area (Å²) in [5.74, 6) is 1.23. The Bertz CT molecular complexity index is 1180. The lowest BCUT2D eigenvalue weighted by molar-refractivity contribution is 0.414. The van der Waals surface area contributed by atoms with Gasteiger partial charge in [0.1, 0.15) is 17.0 Å². The van der Waals surface area contributed by atoms with Gasteiger partial charge in [0.15, 0.2) is 0 Å². The van der Waals surface area contributed by atoms with Crippen LogP contribution < -0.4 is 4.74 Å². The Kier molecular flexibility index (Phi) is 7.55. The maximum absolute atomic E-state index is 13.3. The van der Waals surface area contributed by atoms with Crippen LogP contribution in [0.3, 0.4) is 0 Å². The predicted octanol–water partition coefficient (Wildman–Crippen LogP) is 6.09. The fourth-order valence-electron chi connectivity index (χ4n) is 3.64. The Morgan fingerprint density at radius 2 is 1.65 bits per heavy atom. The number of pyridine rings is 1. The topological polar surface area (TPSA) is 50.1 Å². The van der Waals surface area contributed by atoms with Crippen LogP contribution in [0.5, 0.6) is 5.75 Å². The molecule has 0 spiro atoms. The summed E-state index contributed by atoms with van der Waals surface area (Å²) in [6.45, 7) is 4.88. The molecule has 1 unspecified atom stereocenters. The zero-order chi connectivity index (χ0) is 21.3. The van der Waals surface area contributed by atoms with Crippen LogP contribution in [0.4, 0.5) is 0 Å². The van der Waals surface area contributed by atoms with Gasteiger partial charge in [-0.3, -0.25) is 0 Å². The number of halogens is 2. The fourth-order valence-corrected chi connectivity index (χ4v) is 5.01. The molecule has 4 nitrogen and oxygen atoms in total. The minimum atomic E-state index is -1.28. The van der Waals surface area contributed by atoms with Gasteiger partial charge in [0.2, 0.25) is 0 Å². The second-order valence-corrected chi connectivity index (χ2v) is 9.08. The number of benzene rings is 2. The number of aromatic nitrogens is 2. The molecule has 4 aromatic rings. The van der Waals surface area contributed by atoms with Crippen LogP contribution in [0.25, 0.3) is 10.9 Å². The van der Waals surface area contributed by atoms with E-state index < -0.39 is 11.2 Å². The van der Waals surface area contributed by atoms with E-state index in [-0.39, 0.29) is 12.4 Å². The van der Waals surface area contributed by atoms with Gasteiger partial charge in [-0.15, -0.1) is 12.4 Å². The minimum absolute atomic E-state index is 0. The molecule has 0 bridgehead atoms. The summed E-state index contributed by atoms with van der Waals surface area (Å²) >= 11 is 4.70. The van der Waals surface area contributed by atoms with E-state index in [4.69, 9.17) is 16.3 Å². The van der Waals surface area contributed by atoms with Gasteiger partial charge in [-0.1, -0.05) is 35.9 Å². The number of rotatable bonds is 6. The second kappa shape index (κ2) is 9.96. The third-order valence-electron chi connectivity index (χ3n) is 5.44. The smallest absolute Gasteiger partial charge is 0.269 e. The van der Waals surface area contributed by atoms with Crippen LogP contribution in [0.15, 0.2) is 65.8 Å². The van der Waals surface area contributed by atoms with Crippen molar-refractivity contribution in [2.45, 2.75) is 31.2 Å². The maximum Gasteiger partial charge on any atom is 0.269 e. The molecule has 7 heteroatoms. The van der Waals surface area contributed by atoms with Crippen LogP contribution in [0, 0.1) is 13.8 Å². The lowest BCUT2D eigenvalue weighted by Crippen LogP contribution is -2.11. The zero-order valence-corrected chi connectivity index (χ0v) is 20.0. The summed E-state index contributed by atoms with van der Waals surface area (Å²) in [5.41, 5.74) is 5.40. The molecule has 0 saturated heterocycles. The van der Waals surface area contributed by atoms with Crippen molar-refractivity contribution in [3.05, 3.63) is 88.2 Å². The number of aryl methyl sites for hydroxylation is 1. The molecule has 0 N–H and O–H groups in total. The van der Waals surface area contributed by atoms with Gasteiger partial charge in [-0.05, 0) is 55.3 Å². The lowest BCUT2D eigenvalue weighted by Gasteiger charge is -2.14. The summed E-state index contributed by atoms with van der Waals surface area (Å²) < 4.78 is 20.8. The Morgan fingerprint density at radius 3 is 2.29 bits per heavy atom. The monoisotopic (exact) mass is 474 g/mol. The first-order chi connectivity index (χ1) is 14.5. The Morgan fingerprint density at radius 1 is 1.00 bits per heavy atom. The quantitative estimate of drug-likeness (QED) is 0.317. The van der Waals surface area contributed by atoms with E-state index in [9.17, 15) is 4.55 Å². The molecule has 4 rings (SSSR count). The normalized spacial score (nSPS) is 11.9. The molecule has 1 atom stereocenters. The van der Waals surface area contributed by atoms with Gasteiger partial charge in [0, 0.05) is 45.6 Å². The molecule has 0 aliphatic carbocycles. The van der Waals surface area contributed by atoms with E-state index in [0.717, 1.165) is 33.5 Å². The van der Waals surface area contributed by atoms with Crippen LogP contribution in [0.2, 0.25) is 5.02 Å².